The lowest BCUT2D eigenvalue weighted by atomic mass is 10.0. The minimum atomic E-state index is 1.19. The van der Waals surface area contributed by atoms with Crippen molar-refractivity contribution in [3.05, 3.63) is 60.3 Å². The zero-order valence-electron chi connectivity index (χ0n) is 8.27. The first kappa shape index (κ1) is 8.82. The molecular formula is C13H13N. The Bertz CT molecular complexity index is 413. The van der Waals surface area contributed by atoms with Crippen molar-refractivity contribution < 1.29 is 0 Å². The summed E-state index contributed by atoms with van der Waals surface area (Å²) in [4.78, 5) is 2.10. The Balaban J connectivity index is 2.59. The quantitative estimate of drug-likeness (QED) is 0.646. The van der Waals surface area contributed by atoms with Gasteiger partial charge in [-0.1, -0.05) is 36.9 Å². The van der Waals surface area contributed by atoms with E-state index in [1.54, 1.807) is 0 Å². The highest BCUT2D eigenvalue weighted by Crippen LogP contribution is 2.27. The van der Waals surface area contributed by atoms with Crippen molar-refractivity contribution in [2.24, 2.45) is 0 Å². The van der Waals surface area contributed by atoms with Gasteiger partial charge in [0, 0.05) is 24.5 Å². The molecule has 0 amide bonds. The van der Waals surface area contributed by atoms with Gasteiger partial charge in [-0.25, -0.2) is 0 Å². The Morgan fingerprint density at radius 2 is 2.07 bits per heavy atom. The molecule has 2 rings (SSSR count). The van der Waals surface area contributed by atoms with E-state index < -0.39 is 0 Å². The maximum absolute atomic E-state index is 3.73. The van der Waals surface area contributed by atoms with Crippen molar-refractivity contribution in [3.8, 4) is 0 Å². The Morgan fingerprint density at radius 3 is 2.86 bits per heavy atom. The van der Waals surface area contributed by atoms with Crippen molar-refractivity contribution in [3.63, 3.8) is 0 Å². The molecule has 1 aromatic rings. The number of benzene rings is 1. The summed E-state index contributed by atoms with van der Waals surface area (Å²) in [5.41, 5.74) is 3.72. The van der Waals surface area contributed by atoms with Gasteiger partial charge in [-0.3, -0.25) is 0 Å². The maximum Gasteiger partial charge on any atom is 0.0482 e. The van der Waals surface area contributed by atoms with E-state index in [2.05, 4.69) is 48.0 Å². The van der Waals surface area contributed by atoms with Crippen LogP contribution in [0.15, 0.2) is 49.2 Å². The zero-order chi connectivity index (χ0) is 9.97. The molecule has 0 unspecified atom stereocenters. The van der Waals surface area contributed by atoms with Gasteiger partial charge in [-0.2, -0.15) is 0 Å². The molecule has 0 atom stereocenters. The molecule has 0 aromatic heterocycles. The predicted molar refractivity (Wildman–Crippen MR) is 61.4 cm³/mol. The maximum atomic E-state index is 3.73. The van der Waals surface area contributed by atoms with E-state index in [0.717, 1.165) is 0 Å². The topological polar surface area (TPSA) is 3.24 Å². The molecule has 1 aliphatic heterocycles. The number of hydrogen-bond donors (Lipinski definition) is 0. The normalized spacial score (nSPS) is 16.9. The summed E-state index contributed by atoms with van der Waals surface area (Å²) in [5.74, 6) is 0. The molecule has 0 saturated heterocycles. The van der Waals surface area contributed by atoms with Crippen LogP contribution in [0.25, 0.3) is 11.8 Å². The standard InChI is InChI=1S/C13H13N/c1-3-6-13-12-8-5-4-7-11(12)9-10-14(13)2/h3-10H,1H2,2H3/b13-6-. The van der Waals surface area contributed by atoms with Crippen LogP contribution in [0.4, 0.5) is 0 Å². The molecule has 0 bridgehead atoms. The van der Waals surface area contributed by atoms with Crippen LogP contribution >= 0.6 is 0 Å². The second kappa shape index (κ2) is 3.54. The summed E-state index contributed by atoms with van der Waals surface area (Å²) < 4.78 is 0. The van der Waals surface area contributed by atoms with E-state index in [1.807, 2.05) is 19.2 Å². The van der Waals surface area contributed by atoms with Crippen LogP contribution in [0.2, 0.25) is 0 Å². The van der Waals surface area contributed by atoms with Crippen molar-refractivity contribution in [1.82, 2.24) is 4.90 Å². The van der Waals surface area contributed by atoms with E-state index in [4.69, 9.17) is 0 Å². The third-order valence-corrected chi connectivity index (χ3v) is 2.37. The third-order valence-electron chi connectivity index (χ3n) is 2.37. The molecule has 0 N–H and O–H groups in total. The van der Waals surface area contributed by atoms with E-state index in [1.165, 1.54) is 16.8 Å². The molecule has 0 saturated carbocycles. The average Bonchev–Trinajstić information content (AvgIpc) is 2.23. The van der Waals surface area contributed by atoms with Crippen molar-refractivity contribution >= 4 is 11.8 Å². The highest BCUT2D eigenvalue weighted by molar-refractivity contribution is 5.78. The first-order valence-electron chi connectivity index (χ1n) is 4.66. The van der Waals surface area contributed by atoms with E-state index in [9.17, 15) is 0 Å². The summed E-state index contributed by atoms with van der Waals surface area (Å²) in [6.45, 7) is 3.73. The molecule has 1 nitrogen and oxygen atoms in total. The molecule has 70 valence electrons. The smallest absolute Gasteiger partial charge is 0.0482 e. The Kier molecular flexibility index (Phi) is 2.23. The van der Waals surface area contributed by atoms with Crippen LogP contribution in [-0.4, -0.2) is 11.9 Å². The van der Waals surface area contributed by atoms with Gasteiger partial charge in [0.15, 0.2) is 0 Å². The Labute approximate surface area is 84.7 Å². The van der Waals surface area contributed by atoms with E-state index in [-0.39, 0.29) is 0 Å². The number of allylic oxidation sites excluding steroid dienone is 2. The number of fused-ring (bicyclic) bond motifs is 1. The monoisotopic (exact) mass is 183 g/mol. The van der Waals surface area contributed by atoms with Gasteiger partial charge in [0.2, 0.25) is 0 Å². The Morgan fingerprint density at radius 1 is 1.29 bits per heavy atom. The van der Waals surface area contributed by atoms with Gasteiger partial charge in [0.25, 0.3) is 0 Å². The molecule has 1 aromatic carbocycles. The molecule has 0 aliphatic carbocycles. The zero-order valence-corrected chi connectivity index (χ0v) is 8.27. The second-order valence-electron chi connectivity index (χ2n) is 3.30. The third kappa shape index (κ3) is 1.37. The highest BCUT2D eigenvalue weighted by Gasteiger charge is 2.11. The van der Waals surface area contributed by atoms with Gasteiger partial charge in [0.1, 0.15) is 0 Å². The highest BCUT2D eigenvalue weighted by atomic mass is 15.1. The molecule has 0 fully saturated rings. The van der Waals surface area contributed by atoms with Crippen LogP contribution in [0, 0.1) is 0 Å². The lowest BCUT2D eigenvalue weighted by Crippen LogP contribution is -2.13. The lowest BCUT2D eigenvalue weighted by Gasteiger charge is -2.24. The lowest BCUT2D eigenvalue weighted by molar-refractivity contribution is 0.654. The van der Waals surface area contributed by atoms with Gasteiger partial charge >= 0.3 is 0 Å². The number of nitrogens with zero attached hydrogens (tertiary/aromatic N) is 1. The van der Waals surface area contributed by atoms with Crippen molar-refractivity contribution in [2.45, 2.75) is 0 Å². The van der Waals surface area contributed by atoms with Crippen LogP contribution < -0.4 is 0 Å². The van der Waals surface area contributed by atoms with Crippen LogP contribution in [0.3, 0.4) is 0 Å². The number of hydrogen-bond acceptors (Lipinski definition) is 1. The fourth-order valence-corrected chi connectivity index (χ4v) is 1.66. The van der Waals surface area contributed by atoms with Crippen LogP contribution in [0.1, 0.15) is 11.1 Å². The molecule has 1 heterocycles. The summed E-state index contributed by atoms with van der Waals surface area (Å²) in [5, 5.41) is 0. The van der Waals surface area contributed by atoms with E-state index >= 15 is 0 Å². The largest absolute Gasteiger partial charge is 0.351 e. The summed E-state index contributed by atoms with van der Waals surface area (Å²) in [6.07, 6.45) is 8.04. The Hall–Kier alpha value is -1.76. The molecule has 0 radical (unpaired) electrons. The summed E-state index contributed by atoms with van der Waals surface area (Å²) in [6, 6.07) is 8.36. The first-order valence-corrected chi connectivity index (χ1v) is 4.66. The van der Waals surface area contributed by atoms with Crippen molar-refractivity contribution in [2.75, 3.05) is 7.05 Å². The molecule has 14 heavy (non-hydrogen) atoms. The molecule has 0 spiro atoms. The van der Waals surface area contributed by atoms with Crippen LogP contribution in [0.5, 0.6) is 0 Å². The van der Waals surface area contributed by atoms with Gasteiger partial charge < -0.3 is 4.90 Å². The minimum absolute atomic E-state index is 1.19. The minimum Gasteiger partial charge on any atom is -0.351 e. The van der Waals surface area contributed by atoms with Gasteiger partial charge in [-0.15, -0.1) is 0 Å². The molecular weight excluding hydrogens is 170 g/mol. The van der Waals surface area contributed by atoms with Gasteiger partial charge in [-0.05, 0) is 17.7 Å². The first-order chi connectivity index (χ1) is 6.83. The fraction of sp³-hybridized carbons (Fsp3) is 0.0769. The summed E-state index contributed by atoms with van der Waals surface area (Å²) in [7, 11) is 2.04. The van der Waals surface area contributed by atoms with E-state index in [0.29, 0.717) is 0 Å². The molecule has 1 heteroatoms. The number of rotatable bonds is 1. The average molecular weight is 183 g/mol. The SMILES string of the molecule is C=C/C=C1/c2ccccc2C=CN1C. The fourth-order valence-electron chi connectivity index (χ4n) is 1.66. The summed E-state index contributed by atoms with van der Waals surface area (Å²) >= 11 is 0. The second-order valence-corrected chi connectivity index (χ2v) is 3.30. The van der Waals surface area contributed by atoms with Crippen LogP contribution in [-0.2, 0) is 0 Å². The molecule has 1 aliphatic rings. The van der Waals surface area contributed by atoms with Gasteiger partial charge in [0.05, 0.1) is 0 Å². The van der Waals surface area contributed by atoms with Crippen molar-refractivity contribution in [1.29, 1.82) is 0 Å². The predicted octanol–water partition coefficient (Wildman–Crippen LogP) is 3.13.